The summed E-state index contributed by atoms with van der Waals surface area (Å²) in [4.78, 5) is 16.5. The quantitative estimate of drug-likeness (QED) is 0.870. The number of benzene rings is 1. The lowest BCUT2D eigenvalue weighted by Gasteiger charge is -2.27. The molecule has 1 N–H and O–H groups in total. The number of hydrogen-bond acceptors (Lipinski definition) is 5. The molecule has 0 spiro atoms. The molecule has 1 heterocycles. The fourth-order valence-corrected chi connectivity index (χ4v) is 3.30. The smallest absolute Gasteiger partial charge is 0.227 e. The molecule has 1 aromatic carbocycles. The van der Waals surface area contributed by atoms with Crippen LogP contribution in [0.5, 0.6) is 5.75 Å². The Morgan fingerprint density at radius 2 is 2.12 bits per heavy atom. The first-order chi connectivity index (χ1) is 12.1. The number of aryl methyl sites for hydroxylation is 1. The largest absolute Gasteiger partial charge is 0.497 e. The summed E-state index contributed by atoms with van der Waals surface area (Å²) >= 11 is 0. The summed E-state index contributed by atoms with van der Waals surface area (Å²) in [5.41, 5.74) is 0.858. The van der Waals surface area contributed by atoms with E-state index in [1.54, 1.807) is 7.11 Å². The third-order valence-corrected chi connectivity index (χ3v) is 4.68. The van der Waals surface area contributed by atoms with E-state index < -0.39 is 0 Å². The van der Waals surface area contributed by atoms with Crippen LogP contribution in [0.15, 0.2) is 28.8 Å². The van der Waals surface area contributed by atoms with E-state index in [9.17, 15) is 4.79 Å². The summed E-state index contributed by atoms with van der Waals surface area (Å²) in [6.07, 6.45) is 5.45. The lowest BCUT2D eigenvalue weighted by atomic mass is 9.87. The fraction of sp³-hybridized carbons (Fsp3) is 0.526. The molecule has 1 amide bonds. The molecule has 134 valence electrons. The monoisotopic (exact) mass is 343 g/mol. The van der Waals surface area contributed by atoms with Gasteiger partial charge in [0.1, 0.15) is 5.75 Å². The first-order valence-corrected chi connectivity index (χ1v) is 8.90. The van der Waals surface area contributed by atoms with Crippen molar-refractivity contribution in [3.8, 4) is 17.1 Å². The molecule has 0 aliphatic heterocycles. The molecule has 1 aliphatic rings. The highest BCUT2D eigenvalue weighted by Gasteiger charge is 2.20. The van der Waals surface area contributed by atoms with Crippen molar-refractivity contribution in [3.63, 3.8) is 0 Å². The summed E-state index contributed by atoms with van der Waals surface area (Å²) in [5.74, 6) is 2.55. The molecular formula is C19H25N3O3. The Labute approximate surface area is 148 Å². The van der Waals surface area contributed by atoms with Gasteiger partial charge in [-0.25, -0.2) is 0 Å². The van der Waals surface area contributed by atoms with Crippen LogP contribution < -0.4 is 10.1 Å². The number of nitrogens with one attached hydrogen (secondary N) is 1. The molecule has 1 aromatic heterocycles. The van der Waals surface area contributed by atoms with Crippen LogP contribution in [0, 0.1) is 5.92 Å². The van der Waals surface area contributed by atoms with Gasteiger partial charge < -0.3 is 14.6 Å². The molecule has 6 nitrogen and oxygen atoms in total. The van der Waals surface area contributed by atoms with E-state index in [0.29, 0.717) is 36.5 Å². The molecule has 0 bridgehead atoms. The van der Waals surface area contributed by atoms with Gasteiger partial charge in [-0.1, -0.05) is 24.9 Å². The Balaban J connectivity index is 1.50. The number of hydrogen-bond donors (Lipinski definition) is 1. The van der Waals surface area contributed by atoms with Crippen LogP contribution in [-0.2, 0) is 11.2 Å². The maximum absolute atomic E-state index is 12.1. The number of aromatic nitrogens is 2. The highest BCUT2D eigenvalue weighted by molar-refractivity contribution is 5.76. The average molecular weight is 343 g/mol. The average Bonchev–Trinajstić information content (AvgIpc) is 3.09. The van der Waals surface area contributed by atoms with Crippen molar-refractivity contribution in [3.05, 3.63) is 30.2 Å². The van der Waals surface area contributed by atoms with E-state index >= 15 is 0 Å². The van der Waals surface area contributed by atoms with Gasteiger partial charge in [0.15, 0.2) is 0 Å². The topological polar surface area (TPSA) is 77.2 Å². The molecule has 1 saturated carbocycles. The van der Waals surface area contributed by atoms with Crippen LogP contribution >= 0.6 is 0 Å². The summed E-state index contributed by atoms with van der Waals surface area (Å²) in [5, 5.41) is 7.11. The van der Waals surface area contributed by atoms with Crippen molar-refractivity contribution in [2.24, 2.45) is 5.92 Å². The normalized spacial score (nSPS) is 20.2. The molecule has 6 heteroatoms. The van der Waals surface area contributed by atoms with E-state index in [4.69, 9.17) is 9.26 Å². The lowest BCUT2D eigenvalue weighted by Crippen LogP contribution is -2.38. The summed E-state index contributed by atoms with van der Waals surface area (Å²) < 4.78 is 10.4. The second-order valence-electron chi connectivity index (χ2n) is 6.78. The second kappa shape index (κ2) is 8.14. The standard InChI is InChI=1S/C19H25N3O3/c1-13-4-3-5-15(12-13)20-17(23)10-11-18-21-19(22-25-18)14-6-8-16(24-2)9-7-14/h6-9,13,15H,3-5,10-12H2,1-2H3,(H,20,23). The van der Waals surface area contributed by atoms with Crippen molar-refractivity contribution in [2.45, 2.75) is 51.5 Å². The Kier molecular flexibility index (Phi) is 5.68. The van der Waals surface area contributed by atoms with Crippen molar-refractivity contribution in [1.82, 2.24) is 15.5 Å². The molecule has 1 fully saturated rings. The van der Waals surface area contributed by atoms with Crippen LogP contribution in [0.1, 0.15) is 44.9 Å². The third kappa shape index (κ3) is 4.81. The minimum absolute atomic E-state index is 0.0586. The minimum Gasteiger partial charge on any atom is -0.497 e. The number of methoxy groups -OCH3 is 1. The molecule has 25 heavy (non-hydrogen) atoms. The first-order valence-electron chi connectivity index (χ1n) is 8.90. The lowest BCUT2D eigenvalue weighted by molar-refractivity contribution is -0.122. The van der Waals surface area contributed by atoms with Gasteiger partial charge in [0.2, 0.25) is 17.6 Å². The van der Waals surface area contributed by atoms with Crippen molar-refractivity contribution in [2.75, 3.05) is 7.11 Å². The number of amides is 1. The van der Waals surface area contributed by atoms with Crippen LogP contribution in [0.25, 0.3) is 11.4 Å². The molecule has 3 rings (SSSR count). The number of nitrogens with zero attached hydrogens (tertiary/aromatic N) is 2. The zero-order valence-corrected chi connectivity index (χ0v) is 14.8. The Morgan fingerprint density at radius 1 is 1.32 bits per heavy atom. The molecule has 2 aromatic rings. The Bertz CT molecular complexity index is 696. The van der Waals surface area contributed by atoms with Crippen LogP contribution in [0.2, 0.25) is 0 Å². The summed E-state index contributed by atoms with van der Waals surface area (Å²) in [6.45, 7) is 2.25. The number of carbonyl (C=O) groups excluding carboxylic acids is 1. The second-order valence-corrected chi connectivity index (χ2v) is 6.78. The number of carbonyl (C=O) groups is 1. The molecular weight excluding hydrogens is 318 g/mol. The van der Waals surface area contributed by atoms with Gasteiger partial charge in [0, 0.05) is 24.4 Å². The Morgan fingerprint density at radius 3 is 2.84 bits per heavy atom. The SMILES string of the molecule is COc1ccc(-c2noc(CCC(=O)NC3CCCC(C)C3)n2)cc1. The van der Waals surface area contributed by atoms with Gasteiger partial charge in [-0.15, -0.1) is 0 Å². The highest BCUT2D eigenvalue weighted by atomic mass is 16.5. The van der Waals surface area contributed by atoms with Gasteiger partial charge in [-0.3, -0.25) is 4.79 Å². The fourth-order valence-electron chi connectivity index (χ4n) is 3.30. The van der Waals surface area contributed by atoms with E-state index in [1.165, 1.54) is 12.8 Å². The molecule has 2 atom stereocenters. The summed E-state index contributed by atoms with van der Waals surface area (Å²) in [7, 11) is 1.63. The van der Waals surface area contributed by atoms with Crippen LogP contribution in [0.3, 0.4) is 0 Å². The number of rotatable bonds is 6. The number of ether oxygens (including phenoxy) is 1. The van der Waals surface area contributed by atoms with E-state index in [2.05, 4.69) is 22.4 Å². The van der Waals surface area contributed by atoms with Gasteiger partial charge in [-0.05, 0) is 43.0 Å². The van der Waals surface area contributed by atoms with E-state index in [1.807, 2.05) is 24.3 Å². The molecule has 0 radical (unpaired) electrons. The zero-order valence-electron chi connectivity index (χ0n) is 14.8. The minimum atomic E-state index is 0.0586. The van der Waals surface area contributed by atoms with E-state index in [-0.39, 0.29) is 5.91 Å². The first kappa shape index (κ1) is 17.5. The van der Waals surface area contributed by atoms with Gasteiger partial charge in [0.25, 0.3) is 0 Å². The van der Waals surface area contributed by atoms with Crippen LogP contribution in [-0.4, -0.2) is 29.2 Å². The maximum atomic E-state index is 12.1. The van der Waals surface area contributed by atoms with Crippen molar-refractivity contribution in [1.29, 1.82) is 0 Å². The molecule has 1 aliphatic carbocycles. The van der Waals surface area contributed by atoms with Crippen LogP contribution in [0.4, 0.5) is 0 Å². The Hall–Kier alpha value is -2.37. The zero-order chi connectivity index (χ0) is 17.6. The maximum Gasteiger partial charge on any atom is 0.227 e. The van der Waals surface area contributed by atoms with Crippen molar-refractivity contribution < 1.29 is 14.1 Å². The molecule has 0 saturated heterocycles. The van der Waals surface area contributed by atoms with Gasteiger partial charge >= 0.3 is 0 Å². The van der Waals surface area contributed by atoms with Crippen molar-refractivity contribution >= 4 is 5.91 Å². The third-order valence-electron chi connectivity index (χ3n) is 4.68. The van der Waals surface area contributed by atoms with Gasteiger partial charge in [-0.2, -0.15) is 4.98 Å². The van der Waals surface area contributed by atoms with E-state index in [0.717, 1.165) is 24.2 Å². The predicted octanol–water partition coefficient (Wildman–Crippen LogP) is 3.37. The summed E-state index contributed by atoms with van der Waals surface area (Å²) in [6, 6.07) is 7.77. The van der Waals surface area contributed by atoms with Gasteiger partial charge in [0.05, 0.1) is 7.11 Å². The predicted molar refractivity (Wildman–Crippen MR) is 94.2 cm³/mol. The molecule has 2 unspecified atom stereocenters. The highest BCUT2D eigenvalue weighted by Crippen LogP contribution is 2.23.